The van der Waals surface area contributed by atoms with E-state index in [1.54, 1.807) is 48.8 Å². The molecule has 0 bridgehead atoms. The van der Waals surface area contributed by atoms with Crippen molar-refractivity contribution in [2.24, 2.45) is 0 Å². The Bertz CT molecular complexity index is 983. The number of anilines is 2. The molecule has 0 unspecified atom stereocenters. The number of carbonyl (C=O) groups is 2. The summed E-state index contributed by atoms with van der Waals surface area (Å²) in [7, 11) is 0. The minimum atomic E-state index is -0.476. The van der Waals surface area contributed by atoms with E-state index in [-0.39, 0.29) is 11.8 Å². The average molecular weight is 371 g/mol. The van der Waals surface area contributed by atoms with Crippen molar-refractivity contribution in [3.8, 4) is 0 Å². The number of rotatable bonds is 5. The fourth-order valence-corrected chi connectivity index (χ4v) is 3.56. The molecule has 28 heavy (non-hydrogen) atoms. The lowest BCUT2D eigenvalue weighted by atomic mass is 9.64. The maximum atomic E-state index is 13.1. The highest BCUT2D eigenvalue weighted by atomic mass is 16.2. The standard InChI is InChI=1S/C23H21N3O2/c27-21(25-19-10-14-24-15-11-19)17-6-4-9-20(16-17)26-22(28)23(12-5-13-23)18-7-2-1-3-8-18/h1-4,6-11,14-16H,5,12-13H2,(H,26,28)(H,24,25,27). The summed E-state index contributed by atoms with van der Waals surface area (Å²) in [5.41, 5.74) is 2.35. The fourth-order valence-electron chi connectivity index (χ4n) is 3.56. The van der Waals surface area contributed by atoms with Crippen LogP contribution >= 0.6 is 0 Å². The minimum absolute atomic E-state index is 0.0170. The summed E-state index contributed by atoms with van der Waals surface area (Å²) in [4.78, 5) is 29.5. The molecule has 1 fully saturated rings. The first-order chi connectivity index (χ1) is 13.7. The summed E-state index contributed by atoms with van der Waals surface area (Å²) >= 11 is 0. The molecule has 140 valence electrons. The van der Waals surface area contributed by atoms with E-state index in [4.69, 9.17) is 0 Å². The van der Waals surface area contributed by atoms with E-state index in [2.05, 4.69) is 15.6 Å². The van der Waals surface area contributed by atoms with Crippen molar-refractivity contribution in [3.05, 3.63) is 90.3 Å². The summed E-state index contributed by atoms with van der Waals surface area (Å²) in [6.45, 7) is 0. The van der Waals surface area contributed by atoms with Gasteiger partial charge in [0.05, 0.1) is 5.41 Å². The number of aromatic nitrogens is 1. The third-order valence-corrected chi connectivity index (χ3v) is 5.29. The molecule has 0 radical (unpaired) electrons. The second-order valence-electron chi connectivity index (χ2n) is 7.03. The molecule has 3 aromatic rings. The lowest BCUT2D eigenvalue weighted by molar-refractivity contribution is -0.124. The van der Waals surface area contributed by atoms with Crippen molar-refractivity contribution < 1.29 is 9.59 Å². The molecule has 5 heteroatoms. The van der Waals surface area contributed by atoms with Gasteiger partial charge in [-0.25, -0.2) is 0 Å². The second-order valence-corrected chi connectivity index (χ2v) is 7.03. The Labute approximate surface area is 163 Å². The predicted molar refractivity (Wildman–Crippen MR) is 109 cm³/mol. The number of carbonyl (C=O) groups excluding carboxylic acids is 2. The van der Waals surface area contributed by atoms with E-state index >= 15 is 0 Å². The number of hydrogen-bond donors (Lipinski definition) is 2. The molecule has 1 aliphatic carbocycles. The Balaban J connectivity index is 1.50. The predicted octanol–water partition coefficient (Wildman–Crippen LogP) is 4.39. The van der Waals surface area contributed by atoms with Gasteiger partial charge in [-0.15, -0.1) is 0 Å². The molecular weight excluding hydrogens is 350 g/mol. The van der Waals surface area contributed by atoms with Crippen molar-refractivity contribution in [1.82, 2.24) is 4.98 Å². The lowest BCUT2D eigenvalue weighted by Crippen LogP contribution is -2.46. The van der Waals surface area contributed by atoms with E-state index in [0.717, 1.165) is 24.8 Å². The third kappa shape index (κ3) is 3.51. The van der Waals surface area contributed by atoms with Crippen molar-refractivity contribution in [2.45, 2.75) is 24.7 Å². The number of amides is 2. The van der Waals surface area contributed by atoms with Gasteiger partial charge in [0.1, 0.15) is 0 Å². The maximum Gasteiger partial charge on any atom is 0.255 e. The molecule has 1 heterocycles. The van der Waals surface area contributed by atoms with Gasteiger partial charge in [-0.3, -0.25) is 14.6 Å². The molecule has 0 saturated heterocycles. The molecule has 0 aliphatic heterocycles. The van der Waals surface area contributed by atoms with Crippen LogP contribution in [0.5, 0.6) is 0 Å². The SMILES string of the molecule is O=C(Nc1ccncc1)c1cccc(NC(=O)C2(c3ccccc3)CCC2)c1. The Morgan fingerprint density at radius 2 is 1.57 bits per heavy atom. The molecule has 1 aromatic heterocycles. The van der Waals surface area contributed by atoms with Gasteiger partial charge in [0, 0.05) is 29.3 Å². The molecular formula is C23H21N3O2. The smallest absolute Gasteiger partial charge is 0.255 e. The van der Waals surface area contributed by atoms with Gasteiger partial charge in [0.25, 0.3) is 5.91 Å². The zero-order valence-electron chi connectivity index (χ0n) is 15.4. The maximum absolute atomic E-state index is 13.1. The molecule has 2 aromatic carbocycles. The van der Waals surface area contributed by atoms with E-state index < -0.39 is 5.41 Å². The minimum Gasteiger partial charge on any atom is -0.325 e. The topological polar surface area (TPSA) is 71.1 Å². The van der Waals surface area contributed by atoms with Crippen LogP contribution in [0.15, 0.2) is 79.1 Å². The lowest BCUT2D eigenvalue weighted by Gasteiger charge is -2.40. The van der Waals surface area contributed by atoms with Gasteiger partial charge in [-0.05, 0) is 48.7 Å². The summed E-state index contributed by atoms with van der Waals surface area (Å²) in [6, 6.07) is 20.4. The van der Waals surface area contributed by atoms with E-state index in [1.165, 1.54) is 0 Å². The van der Waals surface area contributed by atoms with E-state index in [1.807, 2.05) is 30.3 Å². The van der Waals surface area contributed by atoms with Gasteiger partial charge in [-0.2, -0.15) is 0 Å². The Morgan fingerprint density at radius 3 is 2.25 bits per heavy atom. The van der Waals surface area contributed by atoms with Crippen molar-refractivity contribution in [3.63, 3.8) is 0 Å². The van der Waals surface area contributed by atoms with Crippen LogP contribution in [-0.4, -0.2) is 16.8 Å². The number of hydrogen-bond acceptors (Lipinski definition) is 3. The van der Waals surface area contributed by atoms with Gasteiger partial charge in [-0.1, -0.05) is 42.8 Å². The van der Waals surface area contributed by atoms with Crippen molar-refractivity contribution in [1.29, 1.82) is 0 Å². The van der Waals surface area contributed by atoms with Crippen molar-refractivity contribution >= 4 is 23.2 Å². The zero-order chi connectivity index (χ0) is 19.4. The van der Waals surface area contributed by atoms with Gasteiger partial charge in [0.2, 0.25) is 5.91 Å². The van der Waals surface area contributed by atoms with Crippen LogP contribution in [0.4, 0.5) is 11.4 Å². The van der Waals surface area contributed by atoms with Crippen molar-refractivity contribution in [2.75, 3.05) is 10.6 Å². The van der Waals surface area contributed by atoms with Gasteiger partial charge < -0.3 is 10.6 Å². The van der Waals surface area contributed by atoms with Gasteiger partial charge in [0.15, 0.2) is 0 Å². The highest BCUT2D eigenvalue weighted by Gasteiger charge is 2.45. The van der Waals surface area contributed by atoms with E-state index in [9.17, 15) is 9.59 Å². The number of nitrogens with one attached hydrogen (secondary N) is 2. The fraction of sp³-hybridized carbons (Fsp3) is 0.174. The Kier molecular flexibility index (Phi) is 4.89. The average Bonchev–Trinajstić information content (AvgIpc) is 2.69. The van der Waals surface area contributed by atoms with Crippen LogP contribution in [0.25, 0.3) is 0 Å². The first-order valence-electron chi connectivity index (χ1n) is 9.36. The van der Waals surface area contributed by atoms with Crippen LogP contribution < -0.4 is 10.6 Å². The first-order valence-corrected chi connectivity index (χ1v) is 9.36. The molecule has 0 spiro atoms. The van der Waals surface area contributed by atoms with E-state index in [0.29, 0.717) is 16.9 Å². The molecule has 1 aliphatic rings. The molecule has 0 atom stereocenters. The summed E-state index contributed by atoms with van der Waals surface area (Å²) < 4.78 is 0. The number of benzene rings is 2. The normalized spacial score (nSPS) is 14.6. The Hall–Kier alpha value is -3.47. The molecule has 2 N–H and O–H groups in total. The zero-order valence-corrected chi connectivity index (χ0v) is 15.4. The number of nitrogens with zero attached hydrogens (tertiary/aromatic N) is 1. The van der Waals surface area contributed by atoms with Gasteiger partial charge >= 0.3 is 0 Å². The van der Waals surface area contributed by atoms with Crippen LogP contribution in [0, 0.1) is 0 Å². The quantitative estimate of drug-likeness (QED) is 0.698. The Morgan fingerprint density at radius 1 is 0.821 bits per heavy atom. The molecule has 4 rings (SSSR count). The molecule has 2 amide bonds. The summed E-state index contributed by atoms with van der Waals surface area (Å²) in [5.74, 6) is -0.250. The van der Waals surface area contributed by atoms with Crippen LogP contribution in [0.1, 0.15) is 35.2 Å². The highest BCUT2D eigenvalue weighted by molar-refractivity contribution is 6.06. The third-order valence-electron chi connectivity index (χ3n) is 5.29. The summed E-state index contributed by atoms with van der Waals surface area (Å²) in [5, 5.41) is 5.84. The summed E-state index contributed by atoms with van der Waals surface area (Å²) in [6.07, 6.45) is 5.95. The second kappa shape index (κ2) is 7.64. The van der Waals surface area contributed by atoms with Crippen LogP contribution in [0.2, 0.25) is 0 Å². The van der Waals surface area contributed by atoms with Crippen LogP contribution in [-0.2, 0) is 10.2 Å². The first kappa shape index (κ1) is 17.9. The monoisotopic (exact) mass is 371 g/mol. The molecule has 5 nitrogen and oxygen atoms in total. The molecule has 1 saturated carbocycles. The highest BCUT2D eigenvalue weighted by Crippen LogP contribution is 2.44. The van der Waals surface area contributed by atoms with Crippen LogP contribution in [0.3, 0.4) is 0 Å². The largest absolute Gasteiger partial charge is 0.325 e. The number of pyridine rings is 1.